The number of hydrogen-bond donors (Lipinski definition) is 6. The summed E-state index contributed by atoms with van der Waals surface area (Å²) in [6.45, 7) is -1.47. The van der Waals surface area contributed by atoms with Crippen LogP contribution in [0.4, 0.5) is 0 Å². The summed E-state index contributed by atoms with van der Waals surface area (Å²) < 4.78 is 10.8. The van der Waals surface area contributed by atoms with Crippen molar-refractivity contribution in [2.45, 2.75) is 37.3 Å². The van der Waals surface area contributed by atoms with E-state index in [2.05, 4.69) is 0 Å². The van der Waals surface area contributed by atoms with Gasteiger partial charge in [-0.1, -0.05) is 24.3 Å². The van der Waals surface area contributed by atoms with Gasteiger partial charge in [-0.3, -0.25) is 9.59 Å². The number of rotatable bonds is 4. The van der Waals surface area contributed by atoms with Crippen LogP contribution in [0.2, 0.25) is 0 Å². The average molecular weight is 432 g/mol. The van der Waals surface area contributed by atoms with Gasteiger partial charge in [0.2, 0.25) is 6.29 Å². The van der Waals surface area contributed by atoms with E-state index in [1.54, 1.807) is 12.1 Å². The number of aliphatic hydroxyl groups is 5. The van der Waals surface area contributed by atoms with Crippen LogP contribution in [0.5, 0.6) is 11.5 Å². The molecule has 0 amide bonds. The van der Waals surface area contributed by atoms with Crippen molar-refractivity contribution in [2.24, 2.45) is 0 Å². The zero-order valence-corrected chi connectivity index (χ0v) is 16.0. The molecule has 31 heavy (non-hydrogen) atoms. The third-order valence-corrected chi connectivity index (χ3v) is 5.50. The smallest absolute Gasteiger partial charge is 0.229 e. The highest BCUT2D eigenvalue weighted by Gasteiger charge is 2.45. The van der Waals surface area contributed by atoms with Crippen molar-refractivity contribution in [1.82, 2.24) is 0 Å². The minimum Gasteiger partial charge on any atom is -0.507 e. The standard InChI is InChI=1S/C21H20O10/c22-6-11-12(30-21-20(29)19(28)18(27)13(7-23)31-21)5-10-14(17(11)26)16(25)9-4-2-1-3-8(9)15(10)24/h1-5,13,18-23,26-29H,6-7H2/t13-,18-,19+,20-,21-/m1/s1. The molecular formula is C21H20O10. The van der Waals surface area contributed by atoms with Crippen LogP contribution < -0.4 is 4.74 Å². The molecule has 10 nitrogen and oxygen atoms in total. The van der Waals surface area contributed by atoms with Gasteiger partial charge in [-0.15, -0.1) is 0 Å². The van der Waals surface area contributed by atoms with Gasteiger partial charge in [-0.2, -0.15) is 0 Å². The van der Waals surface area contributed by atoms with E-state index in [1.807, 2.05) is 0 Å². The molecule has 0 radical (unpaired) electrons. The lowest BCUT2D eigenvalue weighted by Crippen LogP contribution is -2.60. The Bertz CT molecular complexity index is 1050. The number of benzene rings is 2. The molecule has 2 aromatic rings. The summed E-state index contributed by atoms with van der Waals surface area (Å²) in [5.41, 5.74) is -0.445. The number of fused-ring (bicyclic) bond motifs is 2. The average Bonchev–Trinajstić information content (AvgIpc) is 2.77. The molecule has 1 aliphatic heterocycles. The summed E-state index contributed by atoms with van der Waals surface area (Å²) in [4.78, 5) is 25.8. The second kappa shape index (κ2) is 8.00. The number of phenols is 1. The van der Waals surface area contributed by atoms with Crippen molar-refractivity contribution in [3.63, 3.8) is 0 Å². The van der Waals surface area contributed by atoms with Gasteiger partial charge in [0.1, 0.15) is 35.9 Å². The van der Waals surface area contributed by atoms with Gasteiger partial charge < -0.3 is 40.1 Å². The largest absolute Gasteiger partial charge is 0.507 e. The van der Waals surface area contributed by atoms with Crippen LogP contribution in [-0.2, 0) is 11.3 Å². The Morgan fingerprint density at radius 3 is 2.16 bits per heavy atom. The van der Waals surface area contributed by atoms with Crippen LogP contribution in [-0.4, -0.2) is 79.5 Å². The topological polar surface area (TPSA) is 174 Å². The summed E-state index contributed by atoms with van der Waals surface area (Å²) in [6, 6.07) is 7.22. The van der Waals surface area contributed by atoms with Gasteiger partial charge in [-0.05, 0) is 6.07 Å². The molecule has 0 saturated carbocycles. The van der Waals surface area contributed by atoms with Gasteiger partial charge in [0, 0.05) is 16.7 Å². The van der Waals surface area contributed by atoms with E-state index in [-0.39, 0.29) is 33.6 Å². The summed E-state index contributed by atoms with van der Waals surface area (Å²) in [5, 5.41) is 59.8. The highest BCUT2D eigenvalue weighted by atomic mass is 16.7. The number of ketones is 2. The fraction of sp³-hybridized carbons (Fsp3) is 0.333. The maximum Gasteiger partial charge on any atom is 0.229 e. The fourth-order valence-corrected chi connectivity index (χ4v) is 3.80. The molecule has 6 N–H and O–H groups in total. The predicted octanol–water partition coefficient (Wildman–Crippen LogP) is -1.16. The highest BCUT2D eigenvalue weighted by Crippen LogP contribution is 2.41. The predicted molar refractivity (Wildman–Crippen MR) is 102 cm³/mol. The van der Waals surface area contributed by atoms with Crippen molar-refractivity contribution >= 4 is 11.6 Å². The van der Waals surface area contributed by atoms with Crippen molar-refractivity contribution in [3.8, 4) is 11.5 Å². The summed E-state index contributed by atoms with van der Waals surface area (Å²) in [7, 11) is 0. The third-order valence-electron chi connectivity index (χ3n) is 5.50. The molecule has 0 bridgehead atoms. The van der Waals surface area contributed by atoms with Gasteiger partial charge in [0.05, 0.1) is 24.3 Å². The first kappa shape index (κ1) is 21.4. The Balaban J connectivity index is 1.78. The van der Waals surface area contributed by atoms with Crippen molar-refractivity contribution in [1.29, 1.82) is 0 Å². The summed E-state index contributed by atoms with van der Waals surface area (Å²) in [6.07, 6.45) is -7.93. The van der Waals surface area contributed by atoms with E-state index in [1.165, 1.54) is 12.1 Å². The normalized spacial score (nSPS) is 27.6. The Morgan fingerprint density at radius 1 is 0.903 bits per heavy atom. The van der Waals surface area contributed by atoms with Gasteiger partial charge in [-0.25, -0.2) is 0 Å². The second-order valence-corrected chi connectivity index (χ2v) is 7.30. The lowest BCUT2D eigenvalue weighted by molar-refractivity contribution is -0.277. The maximum absolute atomic E-state index is 12.9. The number of ether oxygens (including phenoxy) is 2. The maximum atomic E-state index is 12.9. The Hall–Kier alpha value is -2.86. The minimum atomic E-state index is -1.75. The van der Waals surface area contributed by atoms with E-state index in [4.69, 9.17) is 9.47 Å². The van der Waals surface area contributed by atoms with E-state index >= 15 is 0 Å². The summed E-state index contributed by atoms with van der Waals surface area (Å²) in [5.74, 6) is -2.09. The molecule has 164 valence electrons. The van der Waals surface area contributed by atoms with Gasteiger partial charge in [0.25, 0.3) is 0 Å². The first-order valence-corrected chi connectivity index (χ1v) is 9.45. The number of aromatic hydroxyl groups is 1. The molecule has 1 heterocycles. The molecule has 5 atom stereocenters. The molecule has 0 aromatic heterocycles. The molecular weight excluding hydrogens is 412 g/mol. The Labute approximate surface area is 175 Å². The van der Waals surface area contributed by atoms with Crippen LogP contribution in [0.3, 0.4) is 0 Å². The number of hydrogen-bond acceptors (Lipinski definition) is 10. The molecule has 1 saturated heterocycles. The lowest BCUT2D eigenvalue weighted by Gasteiger charge is -2.39. The quantitative estimate of drug-likeness (QED) is 0.295. The molecule has 4 rings (SSSR count). The molecule has 2 aliphatic rings. The first-order valence-electron chi connectivity index (χ1n) is 9.45. The Kier molecular flexibility index (Phi) is 5.52. The SMILES string of the molecule is O=C1c2ccccc2C(=O)c2c1cc(O[C@@H]1O[C@H](CO)[C@@H](O)[C@H](O)[C@H]1O)c(CO)c2O. The third kappa shape index (κ3) is 3.30. The van der Waals surface area contributed by atoms with E-state index in [9.17, 15) is 40.2 Å². The van der Waals surface area contributed by atoms with Gasteiger partial charge >= 0.3 is 0 Å². The van der Waals surface area contributed by atoms with Gasteiger partial charge in [0.15, 0.2) is 11.6 Å². The Morgan fingerprint density at radius 2 is 1.55 bits per heavy atom. The molecule has 2 aromatic carbocycles. The van der Waals surface area contributed by atoms with Crippen molar-refractivity contribution < 1.29 is 49.7 Å². The van der Waals surface area contributed by atoms with Crippen LogP contribution in [0.15, 0.2) is 30.3 Å². The number of aliphatic hydroxyl groups excluding tert-OH is 5. The van der Waals surface area contributed by atoms with E-state index in [0.29, 0.717) is 0 Å². The first-order chi connectivity index (χ1) is 14.8. The van der Waals surface area contributed by atoms with E-state index < -0.39 is 61.2 Å². The van der Waals surface area contributed by atoms with Crippen LogP contribution in [0.1, 0.15) is 37.4 Å². The van der Waals surface area contributed by atoms with Crippen LogP contribution in [0.25, 0.3) is 0 Å². The highest BCUT2D eigenvalue weighted by molar-refractivity contribution is 6.29. The zero-order chi connectivity index (χ0) is 22.4. The molecule has 0 unspecified atom stereocenters. The zero-order valence-electron chi connectivity index (χ0n) is 16.0. The number of carbonyl (C=O) groups is 2. The molecule has 1 aliphatic carbocycles. The molecule has 0 spiro atoms. The second-order valence-electron chi connectivity index (χ2n) is 7.30. The molecule has 10 heteroatoms. The van der Waals surface area contributed by atoms with E-state index in [0.717, 1.165) is 6.07 Å². The summed E-state index contributed by atoms with van der Waals surface area (Å²) >= 11 is 0. The molecule has 1 fully saturated rings. The monoisotopic (exact) mass is 432 g/mol. The lowest BCUT2D eigenvalue weighted by atomic mass is 9.82. The minimum absolute atomic E-state index is 0.113. The van der Waals surface area contributed by atoms with Crippen molar-refractivity contribution in [3.05, 3.63) is 58.1 Å². The van der Waals surface area contributed by atoms with Crippen LogP contribution in [0, 0.1) is 0 Å². The van der Waals surface area contributed by atoms with Crippen molar-refractivity contribution in [2.75, 3.05) is 6.61 Å². The van der Waals surface area contributed by atoms with Crippen LogP contribution >= 0.6 is 0 Å². The fourth-order valence-electron chi connectivity index (χ4n) is 3.80. The number of carbonyl (C=O) groups excluding carboxylic acids is 2.